The van der Waals surface area contributed by atoms with Crippen LogP contribution in [0.3, 0.4) is 0 Å². The van der Waals surface area contributed by atoms with Gasteiger partial charge in [-0.1, -0.05) is 19.3 Å². The molecule has 0 unspecified atom stereocenters. The predicted octanol–water partition coefficient (Wildman–Crippen LogP) is 1.14. The zero-order chi connectivity index (χ0) is 11.3. The lowest BCUT2D eigenvalue weighted by Crippen LogP contribution is -2.28. The Hall–Kier alpha value is -0.600. The van der Waals surface area contributed by atoms with E-state index in [9.17, 15) is 10.2 Å². The number of hydrogen-bond donors (Lipinski definition) is 3. The lowest BCUT2D eigenvalue weighted by Gasteiger charge is -2.28. The summed E-state index contributed by atoms with van der Waals surface area (Å²) in [7, 11) is 0. The quantitative estimate of drug-likeness (QED) is 0.615. The van der Waals surface area contributed by atoms with Gasteiger partial charge in [-0.25, -0.2) is 0 Å². The molecule has 1 saturated carbocycles. The SMILES string of the molecule is CC(=C=CC1(O)CCCCC1)[C@H](O)CO. The molecule has 0 aromatic rings. The Morgan fingerprint density at radius 3 is 2.53 bits per heavy atom. The minimum absolute atomic E-state index is 0.300. The van der Waals surface area contributed by atoms with Crippen molar-refractivity contribution in [3.05, 3.63) is 17.4 Å². The molecule has 1 rings (SSSR count). The molecule has 1 fully saturated rings. The predicted molar refractivity (Wildman–Crippen MR) is 58.4 cm³/mol. The molecule has 0 radical (unpaired) electrons. The molecule has 86 valence electrons. The molecule has 0 heterocycles. The number of aliphatic hydroxyl groups is 3. The van der Waals surface area contributed by atoms with Gasteiger partial charge in [0.2, 0.25) is 0 Å². The average molecular weight is 212 g/mol. The van der Waals surface area contributed by atoms with E-state index < -0.39 is 11.7 Å². The first-order chi connectivity index (χ1) is 7.07. The van der Waals surface area contributed by atoms with Crippen molar-refractivity contribution >= 4 is 0 Å². The van der Waals surface area contributed by atoms with E-state index in [2.05, 4.69) is 5.73 Å². The van der Waals surface area contributed by atoms with E-state index in [0.717, 1.165) is 25.7 Å². The molecule has 0 aromatic heterocycles. The molecule has 0 spiro atoms. The molecule has 0 bridgehead atoms. The van der Waals surface area contributed by atoms with Crippen molar-refractivity contribution in [3.8, 4) is 0 Å². The van der Waals surface area contributed by atoms with Crippen LogP contribution in [-0.4, -0.2) is 33.6 Å². The maximum atomic E-state index is 10.1. The summed E-state index contributed by atoms with van der Waals surface area (Å²) in [6.07, 6.45) is 5.56. The molecule has 3 nitrogen and oxygen atoms in total. The maximum Gasteiger partial charge on any atom is 0.105 e. The summed E-state index contributed by atoms with van der Waals surface area (Å²) in [5, 5.41) is 28.1. The van der Waals surface area contributed by atoms with Gasteiger partial charge in [0.05, 0.1) is 12.2 Å². The van der Waals surface area contributed by atoms with Crippen molar-refractivity contribution in [3.63, 3.8) is 0 Å². The van der Waals surface area contributed by atoms with E-state index in [4.69, 9.17) is 5.11 Å². The second-order valence-electron chi connectivity index (χ2n) is 4.33. The molecular weight excluding hydrogens is 192 g/mol. The minimum atomic E-state index is -0.867. The summed E-state index contributed by atoms with van der Waals surface area (Å²) < 4.78 is 0. The van der Waals surface area contributed by atoms with E-state index in [1.807, 2.05) is 0 Å². The Kier molecular flexibility index (Phi) is 4.55. The van der Waals surface area contributed by atoms with Gasteiger partial charge in [-0.05, 0) is 31.4 Å². The topological polar surface area (TPSA) is 60.7 Å². The van der Waals surface area contributed by atoms with E-state index in [1.54, 1.807) is 13.0 Å². The summed E-state index contributed by atoms with van der Waals surface area (Å²) in [6.45, 7) is 1.40. The largest absolute Gasteiger partial charge is 0.393 e. The van der Waals surface area contributed by atoms with Crippen molar-refractivity contribution in [1.82, 2.24) is 0 Å². The van der Waals surface area contributed by atoms with Gasteiger partial charge in [-0.3, -0.25) is 0 Å². The van der Waals surface area contributed by atoms with E-state index in [0.29, 0.717) is 5.57 Å². The fourth-order valence-corrected chi connectivity index (χ4v) is 1.79. The van der Waals surface area contributed by atoms with Crippen LogP contribution in [-0.2, 0) is 0 Å². The molecular formula is C12H20O3. The molecule has 0 aliphatic heterocycles. The van der Waals surface area contributed by atoms with Gasteiger partial charge in [-0.15, -0.1) is 5.73 Å². The highest BCUT2D eigenvalue weighted by atomic mass is 16.3. The molecule has 3 N–H and O–H groups in total. The smallest absolute Gasteiger partial charge is 0.105 e. The monoisotopic (exact) mass is 212 g/mol. The van der Waals surface area contributed by atoms with Crippen LogP contribution in [0.5, 0.6) is 0 Å². The van der Waals surface area contributed by atoms with Gasteiger partial charge in [0, 0.05) is 0 Å². The Balaban J connectivity index is 2.69. The van der Waals surface area contributed by atoms with Crippen molar-refractivity contribution < 1.29 is 15.3 Å². The van der Waals surface area contributed by atoms with Gasteiger partial charge in [0.15, 0.2) is 0 Å². The number of aliphatic hydroxyl groups excluding tert-OH is 2. The van der Waals surface area contributed by atoms with E-state index in [1.165, 1.54) is 6.42 Å². The molecule has 1 aliphatic carbocycles. The maximum absolute atomic E-state index is 10.1. The number of hydrogen-bond acceptors (Lipinski definition) is 3. The zero-order valence-electron chi connectivity index (χ0n) is 9.24. The average Bonchev–Trinajstić information content (AvgIpc) is 2.26. The van der Waals surface area contributed by atoms with Gasteiger partial charge in [0.1, 0.15) is 6.10 Å². The summed E-state index contributed by atoms with van der Waals surface area (Å²) in [5.41, 5.74) is 2.69. The van der Waals surface area contributed by atoms with Crippen molar-refractivity contribution in [2.45, 2.75) is 50.7 Å². The normalized spacial score (nSPS) is 21.6. The highest BCUT2D eigenvalue weighted by molar-refractivity contribution is 5.10. The Morgan fingerprint density at radius 2 is 2.00 bits per heavy atom. The molecule has 3 heteroatoms. The van der Waals surface area contributed by atoms with Crippen LogP contribution in [0.1, 0.15) is 39.0 Å². The Bertz CT molecular complexity index is 258. The van der Waals surface area contributed by atoms with E-state index >= 15 is 0 Å². The first-order valence-corrected chi connectivity index (χ1v) is 5.53. The third-order valence-electron chi connectivity index (χ3n) is 2.96. The first kappa shape index (κ1) is 12.5. The van der Waals surface area contributed by atoms with Crippen molar-refractivity contribution in [2.24, 2.45) is 0 Å². The van der Waals surface area contributed by atoms with Crippen LogP contribution >= 0.6 is 0 Å². The van der Waals surface area contributed by atoms with Gasteiger partial charge in [-0.2, -0.15) is 0 Å². The Labute approximate surface area is 90.8 Å². The van der Waals surface area contributed by atoms with Gasteiger partial charge < -0.3 is 15.3 Å². The summed E-state index contributed by atoms with van der Waals surface area (Å²) in [5.74, 6) is 0. The zero-order valence-corrected chi connectivity index (χ0v) is 9.24. The minimum Gasteiger partial charge on any atom is -0.393 e. The van der Waals surface area contributed by atoms with Crippen LogP contribution in [0.25, 0.3) is 0 Å². The summed E-state index contributed by atoms with van der Waals surface area (Å²) in [6, 6.07) is 0. The molecule has 0 amide bonds. The van der Waals surface area contributed by atoms with Crippen molar-refractivity contribution in [1.29, 1.82) is 0 Å². The summed E-state index contributed by atoms with van der Waals surface area (Å²) >= 11 is 0. The molecule has 1 atom stereocenters. The van der Waals surface area contributed by atoms with Crippen LogP contribution in [0.15, 0.2) is 17.4 Å². The second kappa shape index (κ2) is 5.47. The van der Waals surface area contributed by atoms with Crippen LogP contribution in [0.2, 0.25) is 0 Å². The first-order valence-electron chi connectivity index (χ1n) is 5.53. The van der Waals surface area contributed by atoms with Gasteiger partial charge >= 0.3 is 0 Å². The number of rotatable bonds is 3. The summed E-state index contributed by atoms with van der Waals surface area (Å²) in [4.78, 5) is 0. The molecule has 1 aliphatic rings. The lowest BCUT2D eigenvalue weighted by molar-refractivity contribution is 0.0513. The van der Waals surface area contributed by atoms with Crippen LogP contribution in [0, 0.1) is 0 Å². The Morgan fingerprint density at radius 1 is 1.40 bits per heavy atom. The van der Waals surface area contributed by atoms with Crippen LogP contribution in [0.4, 0.5) is 0 Å². The van der Waals surface area contributed by atoms with Gasteiger partial charge in [0.25, 0.3) is 0 Å². The fourth-order valence-electron chi connectivity index (χ4n) is 1.79. The third-order valence-corrected chi connectivity index (χ3v) is 2.96. The molecule has 15 heavy (non-hydrogen) atoms. The third kappa shape index (κ3) is 3.80. The van der Waals surface area contributed by atoms with Crippen LogP contribution < -0.4 is 0 Å². The fraction of sp³-hybridized carbons (Fsp3) is 0.750. The molecule has 0 saturated heterocycles. The standard InChI is InChI=1S/C12H20O3/c1-10(11(14)9-13)5-8-12(15)6-3-2-4-7-12/h8,11,13-15H,2-4,6-7,9H2,1H3/t5?,11-/m1/s1. The second-order valence-corrected chi connectivity index (χ2v) is 4.33. The highest BCUT2D eigenvalue weighted by Crippen LogP contribution is 2.28. The molecule has 0 aromatic carbocycles. The lowest BCUT2D eigenvalue weighted by atomic mass is 9.85. The van der Waals surface area contributed by atoms with Crippen molar-refractivity contribution in [2.75, 3.05) is 6.61 Å². The van der Waals surface area contributed by atoms with E-state index in [-0.39, 0.29) is 6.61 Å². The highest BCUT2D eigenvalue weighted by Gasteiger charge is 2.25.